The Morgan fingerprint density at radius 1 is 0.897 bits per heavy atom. The summed E-state index contributed by atoms with van der Waals surface area (Å²) in [5, 5.41) is 6.20. The summed E-state index contributed by atoms with van der Waals surface area (Å²) in [6.45, 7) is 4.07. The van der Waals surface area contributed by atoms with Crippen LogP contribution in [0.15, 0.2) is 48.5 Å². The molecule has 0 radical (unpaired) electrons. The van der Waals surface area contributed by atoms with Gasteiger partial charge in [0.1, 0.15) is 5.82 Å². The maximum atomic E-state index is 12.9. The van der Waals surface area contributed by atoms with E-state index in [9.17, 15) is 14.0 Å². The molecule has 1 fully saturated rings. The number of carbonyl (C=O) groups excluding carboxylic acids is 2. The van der Waals surface area contributed by atoms with E-state index in [2.05, 4.69) is 20.4 Å². The van der Waals surface area contributed by atoms with E-state index in [1.807, 2.05) is 0 Å². The highest BCUT2D eigenvalue weighted by Gasteiger charge is 2.19. The average Bonchev–Trinajstić information content (AvgIpc) is 2.69. The standard InChI is InChI=1S/C21H24ClFN4O2/c22-16-2-1-3-19(14-16)25-20(28)8-9-26-10-12-27(13-11-26)15-21(29)24-18-6-4-17(23)5-7-18/h1-7,14H,8-13,15H2,(H,24,29)(H,25,28). The summed E-state index contributed by atoms with van der Waals surface area (Å²) in [4.78, 5) is 28.5. The van der Waals surface area contributed by atoms with Crippen LogP contribution in [-0.4, -0.2) is 60.9 Å². The molecule has 2 N–H and O–H groups in total. The molecule has 8 heteroatoms. The second-order valence-corrected chi connectivity index (χ2v) is 7.42. The fraction of sp³-hybridized carbons (Fsp3) is 0.333. The van der Waals surface area contributed by atoms with Crippen LogP contribution in [0.5, 0.6) is 0 Å². The van der Waals surface area contributed by atoms with Crippen molar-refractivity contribution < 1.29 is 14.0 Å². The van der Waals surface area contributed by atoms with Gasteiger partial charge in [-0.05, 0) is 42.5 Å². The largest absolute Gasteiger partial charge is 0.326 e. The molecular formula is C21H24ClFN4O2. The summed E-state index contributed by atoms with van der Waals surface area (Å²) in [7, 11) is 0. The summed E-state index contributed by atoms with van der Waals surface area (Å²) < 4.78 is 12.9. The quantitative estimate of drug-likeness (QED) is 0.725. The summed E-state index contributed by atoms with van der Waals surface area (Å²) in [5.74, 6) is -0.500. The minimum Gasteiger partial charge on any atom is -0.326 e. The van der Waals surface area contributed by atoms with Crippen LogP contribution < -0.4 is 10.6 Å². The third kappa shape index (κ3) is 7.12. The van der Waals surface area contributed by atoms with Crippen LogP contribution in [0.2, 0.25) is 5.02 Å². The summed E-state index contributed by atoms with van der Waals surface area (Å²) >= 11 is 5.92. The Balaban J connectivity index is 1.34. The first-order valence-corrected chi connectivity index (χ1v) is 9.91. The van der Waals surface area contributed by atoms with Gasteiger partial charge in [0.2, 0.25) is 11.8 Å². The number of halogens is 2. The SMILES string of the molecule is O=C(CCN1CCN(CC(=O)Nc2ccc(F)cc2)CC1)Nc1cccc(Cl)c1. The second-order valence-electron chi connectivity index (χ2n) is 6.98. The smallest absolute Gasteiger partial charge is 0.238 e. The van der Waals surface area contributed by atoms with E-state index in [0.717, 1.165) is 26.2 Å². The number of nitrogens with zero attached hydrogens (tertiary/aromatic N) is 2. The molecule has 0 unspecified atom stereocenters. The fourth-order valence-electron chi connectivity index (χ4n) is 3.16. The predicted molar refractivity (Wildman–Crippen MR) is 113 cm³/mol. The van der Waals surface area contributed by atoms with Crippen LogP contribution in [0.1, 0.15) is 6.42 Å². The van der Waals surface area contributed by atoms with E-state index < -0.39 is 0 Å². The second kappa shape index (κ2) is 10.3. The van der Waals surface area contributed by atoms with Crippen molar-refractivity contribution in [3.05, 3.63) is 59.4 Å². The van der Waals surface area contributed by atoms with Crippen molar-refractivity contribution in [3.8, 4) is 0 Å². The number of hydrogen-bond acceptors (Lipinski definition) is 4. The van der Waals surface area contributed by atoms with E-state index in [1.165, 1.54) is 12.1 Å². The number of piperazine rings is 1. The fourth-order valence-corrected chi connectivity index (χ4v) is 3.35. The monoisotopic (exact) mass is 418 g/mol. The van der Waals surface area contributed by atoms with Crippen molar-refractivity contribution in [1.29, 1.82) is 0 Å². The third-order valence-corrected chi connectivity index (χ3v) is 4.96. The molecule has 1 saturated heterocycles. The van der Waals surface area contributed by atoms with Crippen LogP contribution >= 0.6 is 11.6 Å². The van der Waals surface area contributed by atoms with E-state index in [0.29, 0.717) is 35.9 Å². The van der Waals surface area contributed by atoms with Crippen LogP contribution in [0.3, 0.4) is 0 Å². The van der Waals surface area contributed by atoms with Gasteiger partial charge in [-0.3, -0.25) is 14.5 Å². The molecule has 6 nitrogen and oxygen atoms in total. The first-order chi connectivity index (χ1) is 14.0. The van der Waals surface area contributed by atoms with E-state index >= 15 is 0 Å². The minimum absolute atomic E-state index is 0.0478. The molecule has 1 heterocycles. The Bertz CT molecular complexity index is 839. The lowest BCUT2D eigenvalue weighted by molar-refractivity contribution is -0.117. The zero-order chi connectivity index (χ0) is 20.6. The predicted octanol–water partition coefficient (Wildman–Crippen LogP) is 3.06. The minimum atomic E-state index is -0.333. The van der Waals surface area contributed by atoms with Gasteiger partial charge in [0, 0.05) is 55.5 Å². The molecular weight excluding hydrogens is 395 g/mol. The first kappa shape index (κ1) is 21.2. The first-order valence-electron chi connectivity index (χ1n) is 9.53. The molecule has 0 atom stereocenters. The van der Waals surface area contributed by atoms with Crippen LogP contribution in [-0.2, 0) is 9.59 Å². The van der Waals surface area contributed by atoms with Gasteiger partial charge in [0.05, 0.1) is 6.54 Å². The van der Waals surface area contributed by atoms with Gasteiger partial charge in [-0.25, -0.2) is 4.39 Å². The van der Waals surface area contributed by atoms with Crippen LogP contribution in [0.25, 0.3) is 0 Å². The van der Waals surface area contributed by atoms with Crippen molar-refractivity contribution in [2.24, 2.45) is 0 Å². The Morgan fingerprint density at radius 3 is 2.24 bits per heavy atom. The molecule has 0 saturated carbocycles. The Kier molecular flexibility index (Phi) is 7.57. The topological polar surface area (TPSA) is 64.7 Å². The number of amides is 2. The Morgan fingerprint density at radius 2 is 1.55 bits per heavy atom. The van der Waals surface area contributed by atoms with Crippen LogP contribution in [0.4, 0.5) is 15.8 Å². The number of rotatable bonds is 7. The van der Waals surface area contributed by atoms with Crippen molar-refractivity contribution in [3.63, 3.8) is 0 Å². The molecule has 1 aliphatic heterocycles. The molecule has 2 aromatic rings. The number of carbonyl (C=O) groups is 2. The zero-order valence-corrected chi connectivity index (χ0v) is 16.8. The van der Waals surface area contributed by atoms with Crippen molar-refractivity contribution in [2.45, 2.75) is 6.42 Å². The highest BCUT2D eigenvalue weighted by atomic mass is 35.5. The molecule has 0 spiro atoms. The Labute approximate surface area is 174 Å². The summed E-state index contributed by atoms with van der Waals surface area (Å²) in [6.07, 6.45) is 0.400. The van der Waals surface area contributed by atoms with Crippen molar-refractivity contribution >= 4 is 34.8 Å². The molecule has 1 aliphatic rings. The number of hydrogen-bond donors (Lipinski definition) is 2. The lowest BCUT2D eigenvalue weighted by atomic mass is 10.2. The van der Waals surface area contributed by atoms with E-state index in [-0.39, 0.29) is 17.6 Å². The normalized spacial score (nSPS) is 15.1. The van der Waals surface area contributed by atoms with Gasteiger partial charge < -0.3 is 15.5 Å². The van der Waals surface area contributed by atoms with E-state index in [4.69, 9.17) is 11.6 Å². The van der Waals surface area contributed by atoms with Gasteiger partial charge in [0.25, 0.3) is 0 Å². The molecule has 0 aliphatic carbocycles. The van der Waals surface area contributed by atoms with Gasteiger partial charge >= 0.3 is 0 Å². The average molecular weight is 419 g/mol. The van der Waals surface area contributed by atoms with Gasteiger partial charge in [0.15, 0.2) is 0 Å². The summed E-state index contributed by atoms with van der Waals surface area (Å²) in [6, 6.07) is 12.8. The Hall–Kier alpha value is -2.48. The highest BCUT2D eigenvalue weighted by molar-refractivity contribution is 6.30. The van der Waals surface area contributed by atoms with Crippen molar-refractivity contribution in [1.82, 2.24) is 9.80 Å². The number of benzene rings is 2. The molecule has 29 heavy (non-hydrogen) atoms. The van der Waals surface area contributed by atoms with Gasteiger partial charge in [-0.1, -0.05) is 17.7 Å². The van der Waals surface area contributed by atoms with Gasteiger partial charge in [-0.15, -0.1) is 0 Å². The van der Waals surface area contributed by atoms with E-state index in [1.54, 1.807) is 36.4 Å². The number of anilines is 2. The highest BCUT2D eigenvalue weighted by Crippen LogP contribution is 2.15. The maximum Gasteiger partial charge on any atom is 0.238 e. The zero-order valence-electron chi connectivity index (χ0n) is 16.0. The lowest BCUT2D eigenvalue weighted by Gasteiger charge is -2.34. The molecule has 3 rings (SSSR count). The maximum absolute atomic E-state index is 12.9. The molecule has 0 bridgehead atoms. The van der Waals surface area contributed by atoms with Gasteiger partial charge in [-0.2, -0.15) is 0 Å². The van der Waals surface area contributed by atoms with Crippen LogP contribution in [0, 0.1) is 5.82 Å². The van der Waals surface area contributed by atoms with Crippen molar-refractivity contribution in [2.75, 3.05) is 49.9 Å². The molecule has 0 aromatic heterocycles. The lowest BCUT2D eigenvalue weighted by Crippen LogP contribution is -2.49. The molecule has 154 valence electrons. The number of nitrogens with one attached hydrogen (secondary N) is 2. The molecule has 2 amide bonds. The molecule has 2 aromatic carbocycles. The summed E-state index contributed by atoms with van der Waals surface area (Å²) in [5.41, 5.74) is 1.28. The third-order valence-electron chi connectivity index (χ3n) is 4.72.